The topological polar surface area (TPSA) is 348 Å². The summed E-state index contributed by atoms with van der Waals surface area (Å²) in [5, 5.41) is 22.1. The number of ether oxygens (including phenoxy) is 6. The lowest BCUT2D eigenvalue weighted by Gasteiger charge is -2.37. The highest BCUT2D eigenvalue weighted by molar-refractivity contribution is 5.42. The van der Waals surface area contributed by atoms with Crippen LogP contribution in [-0.2, 0) is 68.1 Å². The molecule has 72 heavy (non-hydrogen) atoms. The van der Waals surface area contributed by atoms with Gasteiger partial charge in [-0.05, 0) is 66.6 Å². The van der Waals surface area contributed by atoms with Gasteiger partial charge in [0.15, 0.2) is 0 Å². The number of nitrogens with zero attached hydrogens (tertiary/aromatic N) is 18. The van der Waals surface area contributed by atoms with Crippen LogP contribution in [0.3, 0.4) is 0 Å². The summed E-state index contributed by atoms with van der Waals surface area (Å²) in [5.41, 5.74) is 61.0. The zero-order valence-corrected chi connectivity index (χ0v) is 38.3. The second kappa shape index (κ2) is 29.1. The molecule has 4 unspecified atom stereocenters. The molecule has 4 atom stereocenters. The van der Waals surface area contributed by atoms with Crippen LogP contribution in [0.25, 0.3) is 62.7 Å². The first-order valence-electron chi connectivity index (χ1n) is 21.9. The second-order valence-electron chi connectivity index (χ2n) is 15.4. The van der Waals surface area contributed by atoms with Crippen molar-refractivity contribution < 1.29 is 28.4 Å². The van der Waals surface area contributed by atoms with Crippen LogP contribution in [0.1, 0.15) is 33.4 Å². The lowest BCUT2D eigenvalue weighted by Crippen LogP contribution is -2.52. The first-order valence-corrected chi connectivity index (χ1v) is 21.9. The molecule has 0 radical (unpaired) electrons. The molecule has 24 nitrogen and oxygen atoms in total. The Balaban J connectivity index is 1.42. The highest BCUT2D eigenvalue weighted by atomic mass is 16.6. The van der Waals surface area contributed by atoms with Crippen molar-refractivity contribution in [2.24, 2.45) is 30.7 Å². The van der Waals surface area contributed by atoms with Crippen molar-refractivity contribution >= 4 is 34.1 Å². The van der Waals surface area contributed by atoms with Gasteiger partial charge in [0, 0.05) is 63.6 Å². The van der Waals surface area contributed by atoms with E-state index in [1.165, 1.54) is 0 Å². The highest BCUT2D eigenvalue weighted by Gasteiger charge is 2.39. The molecule has 6 aromatic carbocycles. The maximum atomic E-state index is 9.05. The maximum Gasteiger partial charge on any atom is 0.115 e. The molecule has 0 saturated carbocycles. The number of benzene rings is 6. The van der Waals surface area contributed by atoms with Crippen molar-refractivity contribution in [1.82, 2.24) is 0 Å². The van der Waals surface area contributed by atoms with E-state index in [9.17, 15) is 0 Å². The van der Waals surface area contributed by atoms with Gasteiger partial charge in [-0.25, -0.2) is 0 Å². The fourth-order valence-corrected chi connectivity index (χ4v) is 6.94. The number of rotatable bonds is 29. The third kappa shape index (κ3) is 17.2. The van der Waals surface area contributed by atoms with Crippen molar-refractivity contribution in [2.45, 2.75) is 64.1 Å². The normalized spacial score (nSPS) is 12.2. The fourth-order valence-electron chi connectivity index (χ4n) is 6.94. The van der Waals surface area contributed by atoms with E-state index in [1.807, 2.05) is 0 Å². The molecule has 0 aliphatic rings. The van der Waals surface area contributed by atoms with Gasteiger partial charge in [0.1, 0.15) is 24.4 Å². The monoisotopic (exact) mass is 968 g/mol. The molecule has 0 bridgehead atoms. The van der Waals surface area contributed by atoms with Crippen LogP contribution in [0.2, 0.25) is 0 Å². The van der Waals surface area contributed by atoms with Gasteiger partial charge in [-0.2, -0.15) is 0 Å². The number of hydrogen-bond donors (Lipinski definition) is 0. The van der Waals surface area contributed by atoms with Crippen molar-refractivity contribution in [1.29, 1.82) is 0 Å². The van der Waals surface area contributed by atoms with Crippen molar-refractivity contribution in [3.63, 3.8) is 0 Å². The SMILES string of the molecule is [N-]=[N+]=Nc1ccc(COCC(OCc2ccc(N=[N+]=[N-])cc2)C(OCc2ccc(N=[N+]=[N-])cc2)C(OCc2ccc(N=[N+]=[N-])cc2)C(COCc2ccc(N=[N+]=[N-])cc2)OCc2ccc(N=[N+]=[N-])cc2)cc1. The molecule has 0 aliphatic heterocycles. The first kappa shape index (κ1) is 52.3. The summed E-state index contributed by atoms with van der Waals surface area (Å²) in [6, 6.07) is 41.3. The summed E-state index contributed by atoms with van der Waals surface area (Å²) in [4.78, 5) is 17.2. The predicted molar refractivity (Wildman–Crippen MR) is 265 cm³/mol. The van der Waals surface area contributed by atoms with E-state index in [-0.39, 0.29) is 52.9 Å². The zero-order valence-electron chi connectivity index (χ0n) is 38.3. The van der Waals surface area contributed by atoms with Crippen LogP contribution < -0.4 is 0 Å². The van der Waals surface area contributed by atoms with E-state index in [0.29, 0.717) is 34.1 Å². The van der Waals surface area contributed by atoms with E-state index in [1.54, 1.807) is 146 Å². The Labute approximate surface area is 411 Å². The van der Waals surface area contributed by atoms with Gasteiger partial charge >= 0.3 is 0 Å². The van der Waals surface area contributed by atoms with Gasteiger partial charge < -0.3 is 28.4 Å². The molecular weight excluding hydrogens is 925 g/mol. The summed E-state index contributed by atoms with van der Waals surface area (Å²) in [6.45, 7) is 0.258. The Hall–Kier alpha value is -9.06. The van der Waals surface area contributed by atoms with Crippen LogP contribution in [0.15, 0.2) is 176 Å². The molecule has 24 heteroatoms. The predicted octanol–water partition coefficient (Wildman–Crippen LogP) is 15.4. The van der Waals surface area contributed by atoms with Gasteiger partial charge in [-0.15, -0.1) is 0 Å². The molecule has 6 rings (SSSR count). The van der Waals surface area contributed by atoms with Gasteiger partial charge in [-0.3, -0.25) is 0 Å². The Morgan fingerprint density at radius 1 is 0.278 bits per heavy atom. The third-order valence-corrected chi connectivity index (χ3v) is 10.6. The molecule has 0 saturated heterocycles. The van der Waals surface area contributed by atoms with Gasteiger partial charge in [0.05, 0.1) is 52.9 Å². The van der Waals surface area contributed by atoms with E-state index in [2.05, 4.69) is 60.2 Å². The number of hydrogen-bond acceptors (Lipinski definition) is 12. The van der Waals surface area contributed by atoms with E-state index >= 15 is 0 Å². The molecule has 0 spiro atoms. The van der Waals surface area contributed by atoms with Crippen LogP contribution in [-0.4, -0.2) is 37.6 Å². The minimum absolute atomic E-state index is 0.00943. The smallest absolute Gasteiger partial charge is 0.115 e. The summed E-state index contributed by atoms with van der Waals surface area (Å²) in [7, 11) is 0. The average Bonchev–Trinajstić information content (AvgIpc) is 3.40. The summed E-state index contributed by atoms with van der Waals surface area (Å²) < 4.78 is 40.3. The standard InChI is InChI=1S/C48H44N18O6/c49-61-55-39-13-1-33(2-14-39)25-67-31-45(69-27-35-5-17-41(18-6-35)57-63-51)47(71-29-37-9-21-43(22-10-37)59-65-53)48(72-30-38-11-23-44(24-12-38)60-66-54)46(70-28-36-7-19-42(20-8-36)58-64-52)32-68-26-34-3-15-40(16-4-34)56-62-50/h1-24,45-48H,25-32H2. The molecular formula is C48H44N18O6. The fraction of sp³-hybridized carbons (Fsp3) is 0.250. The molecule has 0 N–H and O–H groups in total. The molecule has 6 aromatic rings. The number of azide groups is 6. The van der Waals surface area contributed by atoms with Crippen LogP contribution in [0.4, 0.5) is 34.1 Å². The molecule has 0 amide bonds. The van der Waals surface area contributed by atoms with E-state index in [0.717, 1.165) is 33.4 Å². The average molecular weight is 969 g/mol. The molecule has 0 aromatic heterocycles. The summed E-state index contributed by atoms with van der Waals surface area (Å²) in [5.74, 6) is 0. The maximum absolute atomic E-state index is 9.05. The third-order valence-electron chi connectivity index (χ3n) is 10.6. The largest absolute Gasteiger partial charge is 0.374 e. The molecule has 0 heterocycles. The minimum atomic E-state index is -1.01. The molecule has 362 valence electrons. The first-order chi connectivity index (χ1) is 35.4. The Bertz CT molecular complexity index is 2760. The Morgan fingerprint density at radius 3 is 0.681 bits per heavy atom. The van der Waals surface area contributed by atoms with E-state index in [4.69, 9.17) is 61.6 Å². The van der Waals surface area contributed by atoms with Gasteiger partial charge in [-0.1, -0.05) is 176 Å². The van der Waals surface area contributed by atoms with Crippen LogP contribution in [0.5, 0.6) is 0 Å². The van der Waals surface area contributed by atoms with Crippen LogP contribution in [0, 0.1) is 0 Å². The van der Waals surface area contributed by atoms with Crippen LogP contribution >= 0.6 is 0 Å². The molecule has 0 aliphatic carbocycles. The van der Waals surface area contributed by atoms with Gasteiger partial charge in [0.25, 0.3) is 0 Å². The van der Waals surface area contributed by atoms with Crippen molar-refractivity contribution in [2.75, 3.05) is 13.2 Å². The highest BCUT2D eigenvalue weighted by Crippen LogP contribution is 2.27. The van der Waals surface area contributed by atoms with Crippen molar-refractivity contribution in [3.8, 4) is 0 Å². The second-order valence-corrected chi connectivity index (χ2v) is 15.4. The summed E-state index contributed by atoms with van der Waals surface area (Å²) >= 11 is 0. The summed E-state index contributed by atoms with van der Waals surface area (Å²) in [6.07, 6.45) is -3.84. The quantitative estimate of drug-likeness (QED) is 0.0249. The minimum Gasteiger partial charge on any atom is -0.374 e. The lowest BCUT2D eigenvalue weighted by molar-refractivity contribution is -0.208. The Kier molecular flexibility index (Phi) is 21.1. The lowest BCUT2D eigenvalue weighted by atomic mass is 10.0. The Morgan fingerprint density at radius 2 is 0.472 bits per heavy atom. The van der Waals surface area contributed by atoms with Gasteiger partial charge in [0.2, 0.25) is 0 Å². The zero-order chi connectivity index (χ0) is 50.6. The van der Waals surface area contributed by atoms with E-state index < -0.39 is 24.4 Å². The molecule has 0 fully saturated rings. The van der Waals surface area contributed by atoms with Crippen molar-refractivity contribution in [3.05, 3.63) is 242 Å².